The van der Waals surface area contributed by atoms with Crippen molar-refractivity contribution in [2.24, 2.45) is 5.73 Å². The molecule has 0 aliphatic heterocycles. The van der Waals surface area contributed by atoms with E-state index < -0.39 is 0 Å². The Morgan fingerprint density at radius 1 is 1.10 bits per heavy atom. The molecule has 1 aromatic heterocycles. The van der Waals surface area contributed by atoms with Gasteiger partial charge in [0.1, 0.15) is 6.54 Å². The zero-order chi connectivity index (χ0) is 20.5. The summed E-state index contributed by atoms with van der Waals surface area (Å²) < 4.78 is 6.56. The average molecular weight is 394 g/mol. The number of carbonyl (C=O) groups excluding carboxylic acids is 1. The molecular weight excluding hydrogens is 368 g/mol. The number of ether oxygens (including phenoxy) is 1. The Balaban J connectivity index is 2.04. The Morgan fingerprint density at radius 2 is 1.72 bits per heavy atom. The van der Waals surface area contributed by atoms with Gasteiger partial charge in [-0.25, -0.2) is 4.68 Å². The van der Waals surface area contributed by atoms with Gasteiger partial charge in [0.05, 0.1) is 12.6 Å². The number of rotatable bonds is 10. The first-order valence-corrected chi connectivity index (χ1v) is 9.69. The van der Waals surface area contributed by atoms with Gasteiger partial charge in [-0.3, -0.25) is 4.79 Å². The van der Waals surface area contributed by atoms with Gasteiger partial charge in [0, 0.05) is 19.0 Å². The maximum Gasteiger partial charge on any atom is 0.327 e. The Kier molecular flexibility index (Phi) is 7.43. The Bertz CT molecular complexity index is 845. The normalized spacial score (nSPS) is 12.1. The van der Waals surface area contributed by atoms with Gasteiger partial charge >= 0.3 is 5.97 Å². The van der Waals surface area contributed by atoms with E-state index in [4.69, 9.17) is 10.5 Å². The molecule has 2 aromatic carbocycles. The van der Waals surface area contributed by atoms with Gasteiger partial charge in [0.15, 0.2) is 5.82 Å². The lowest BCUT2D eigenvalue weighted by Crippen LogP contribution is -2.34. The quantitative estimate of drug-likeness (QED) is 0.504. The summed E-state index contributed by atoms with van der Waals surface area (Å²) in [7, 11) is 0. The summed E-state index contributed by atoms with van der Waals surface area (Å²) in [5.74, 6) is 0.106. The molecule has 0 saturated heterocycles. The third-order valence-corrected chi connectivity index (χ3v) is 4.58. The lowest BCUT2D eigenvalue weighted by Gasteiger charge is -2.28. The van der Waals surface area contributed by atoms with Crippen molar-refractivity contribution in [3.05, 3.63) is 77.6 Å². The number of esters is 1. The minimum Gasteiger partial charge on any atom is -0.465 e. The minimum atomic E-state index is -0.380. The molecule has 1 unspecified atom stereocenters. The fourth-order valence-electron chi connectivity index (χ4n) is 3.37. The van der Waals surface area contributed by atoms with Crippen molar-refractivity contribution < 1.29 is 9.53 Å². The molecular formula is C21H26N6O2. The molecule has 0 amide bonds. The predicted molar refractivity (Wildman–Crippen MR) is 109 cm³/mol. The van der Waals surface area contributed by atoms with Gasteiger partial charge in [-0.15, -0.1) is 5.10 Å². The Labute approximate surface area is 170 Å². The van der Waals surface area contributed by atoms with Crippen LogP contribution in [0.25, 0.3) is 0 Å². The molecule has 152 valence electrons. The third-order valence-electron chi connectivity index (χ3n) is 4.58. The summed E-state index contributed by atoms with van der Waals surface area (Å²) in [6.45, 7) is 3.07. The second kappa shape index (κ2) is 10.4. The number of carbonyl (C=O) groups is 1. The zero-order valence-electron chi connectivity index (χ0n) is 16.4. The van der Waals surface area contributed by atoms with Crippen LogP contribution in [0, 0.1) is 0 Å². The van der Waals surface area contributed by atoms with E-state index in [0.717, 1.165) is 11.1 Å². The van der Waals surface area contributed by atoms with Gasteiger partial charge in [0.2, 0.25) is 0 Å². The van der Waals surface area contributed by atoms with Gasteiger partial charge in [-0.1, -0.05) is 60.7 Å². The van der Waals surface area contributed by atoms with Crippen LogP contribution in [0.15, 0.2) is 60.7 Å². The summed E-state index contributed by atoms with van der Waals surface area (Å²) in [6, 6.07) is 20.0. The molecule has 0 saturated carbocycles. The van der Waals surface area contributed by atoms with E-state index in [1.54, 1.807) is 6.92 Å². The summed E-state index contributed by atoms with van der Waals surface area (Å²) in [6.07, 6.45) is 0. The highest BCUT2D eigenvalue weighted by Gasteiger charge is 2.31. The van der Waals surface area contributed by atoms with Crippen LogP contribution in [0.4, 0.5) is 0 Å². The molecule has 29 heavy (non-hydrogen) atoms. The number of tetrazole rings is 1. The zero-order valence-corrected chi connectivity index (χ0v) is 16.4. The van der Waals surface area contributed by atoms with Gasteiger partial charge in [-0.05, 0) is 28.5 Å². The first-order valence-electron chi connectivity index (χ1n) is 9.69. The average Bonchev–Trinajstić information content (AvgIpc) is 3.20. The van der Waals surface area contributed by atoms with Gasteiger partial charge in [0.25, 0.3) is 0 Å². The molecule has 8 heteroatoms. The van der Waals surface area contributed by atoms with E-state index in [-0.39, 0.29) is 24.5 Å². The molecule has 0 spiro atoms. The Hall–Kier alpha value is -3.10. The number of nitrogens with two attached hydrogens (primary N) is 1. The van der Waals surface area contributed by atoms with Crippen molar-refractivity contribution >= 4 is 5.97 Å². The van der Waals surface area contributed by atoms with Crippen molar-refractivity contribution in [3.63, 3.8) is 0 Å². The first kappa shape index (κ1) is 20.6. The monoisotopic (exact) mass is 394 g/mol. The highest BCUT2D eigenvalue weighted by atomic mass is 16.5. The number of benzene rings is 2. The largest absolute Gasteiger partial charge is 0.465 e. The van der Waals surface area contributed by atoms with Crippen LogP contribution in [-0.4, -0.2) is 45.9 Å². The summed E-state index contributed by atoms with van der Waals surface area (Å²) in [4.78, 5) is 12.0. The summed E-state index contributed by atoms with van der Waals surface area (Å²) in [5, 5.41) is 15.6. The van der Waals surface area contributed by atoms with E-state index in [0.29, 0.717) is 25.5 Å². The molecule has 0 radical (unpaired) electrons. The van der Waals surface area contributed by atoms with Crippen LogP contribution in [0.2, 0.25) is 0 Å². The van der Waals surface area contributed by atoms with Crippen LogP contribution in [0.5, 0.6) is 0 Å². The van der Waals surface area contributed by atoms with Crippen molar-refractivity contribution in [1.29, 1.82) is 0 Å². The van der Waals surface area contributed by atoms with Crippen LogP contribution in [-0.2, 0) is 16.1 Å². The van der Waals surface area contributed by atoms with Crippen LogP contribution >= 0.6 is 0 Å². The molecule has 8 nitrogen and oxygen atoms in total. The smallest absolute Gasteiger partial charge is 0.327 e. The van der Waals surface area contributed by atoms with Gasteiger partial charge < -0.3 is 15.8 Å². The standard InChI is InChI=1S/C21H26N6O2/c1-2-29-18(28)15-27-21(24-25-26-27)20(23-14-13-22)19(16-9-5-3-6-10-16)17-11-7-4-8-12-17/h3-12,19-20,23H,2,13-15,22H2,1H3. The van der Waals surface area contributed by atoms with Crippen molar-refractivity contribution in [1.82, 2.24) is 25.5 Å². The minimum absolute atomic E-state index is 0.0483. The van der Waals surface area contributed by atoms with Crippen LogP contribution in [0.1, 0.15) is 35.8 Å². The van der Waals surface area contributed by atoms with E-state index in [1.165, 1.54) is 4.68 Å². The summed E-state index contributed by atoms with van der Waals surface area (Å²) >= 11 is 0. The van der Waals surface area contributed by atoms with E-state index in [2.05, 4.69) is 45.1 Å². The molecule has 0 fully saturated rings. The predicted octanol–water partition coefficient (Wildman–Crippen LogP) is 1.66. The molecule has 3 rings (SSSR count). The Morgan fingerprint density at radius 3 is 2.28 bits per heavy atom. The van der Waals surface area contributed by atoms with Crippen molar-refractivity contribution in [2.75, 3.05) is 19.7 Å². The summed E-state index contributed by atoms with van der Waals surface area (Å²) in [5.41, 5.74) is 7.99. The molecule has 1 heterocycles. The van der Waals surface area contributed by atoms with Crippen molar-refractivity contribution in [3.8, 4) is 0 Å². The molecule has 1 atom stereocenters. The van der Waals surface area contributed by atoms with E-state index in [9.17, 15) is 4.79 Å². The number of hydrogen-bond donors (Lipinski definition) is 2. The maximum absolute atomic E-state index is 12.0. The van der Waals surface area contributed by atoms with Crippen LogP contribution < -0.4 is 11.1 Å². The SMILES string of the molecule is CCOC(=O)Cn1nnnc1C(NCCN)C(c1ccccc1)c1ccccc1. The molecule has 3 N–H and O–H groups in total. The van der Waals surface area contributed by atoms with Gasteiger partial charge in [-0.2, -0.15) is 0 Å². The molecule has 0 bridgehead atoms. The first-order chi connectivity index (χ1) is 14.2. The van der Waals surface area contributed by atoms with E-state index >= 15 is 0 Å². The van der Waals surface area contributed by atoms with Crippen molar-refractivity contribution in [2.45, 2.75) is 25.4 Å². The molecule has 3 aromatic rings. The lowest BCUT2D eigenvalue weighted by atomic mass is 9.84. The highest BCUT2D eigenvalue weighted by Crippen LogP contribution is 2.35. The number of nitrogens with one attached hydrogen (secondary N) is 1. The van der Waals surface area contributed by atoms with Crippen LogP contribution in [0.3, 0.4) is 0 Å². The fourth-order valence-corrected chi connectivity index (χ4v) is 3.37. The molecule has 0 aliphatic rings. The number of nitrogens with zero attached hydrogens (tertiary/aromatic N) is 4. The van der Waals surface area contributed by atoms with E-state index in [1.807, 2.05) is 36.4 Å². The second-order valence-corrected chi connectivity index (χ2v) is 6.52. The lowest BCUT2D eigenvalue weighted by molar-refractivity contribution is -0.144. The number of aromatic nitrogens is 4. The number of hydrogen-bond acceptors (Lipinski definition) is 7. The second-order valence-electron chi connectivity index (χ2n) is 6.52. The fraction of sp³-hybridized carbons (Fsp3) is 0.333. The topological polar surface area (TPSA) is 108 Å². The molecule has 0 aliphatic carbocycles. The maximum atomic E-state index is 12.0. The highest BCUT2D eigenvalue weighted by molar-refractivity contribution is 5.69. The third kappa shape index (κ3) is 5.24.